The summed E-state index contributed by atoms with van der Waals surface area (Å²) in [4.78, 5) is 38.9. The molecule has 3 rings (SSSR count). The van der Waals surface area contributed by atoms with Gasteiger partial charge in [0.2, 0.25) is 0 Å². The van der Waals surface area contributed by atoms with Gasteiger partial charge in [-0.15, -0.1) is 0 Å². The molecule has 6 nitrogen and oxygen atoms in total. The molecule has 2 atom stereocenters. The largest absolute Gasteiger partial charge is 0.444 e. The minimum Gasteiger partial charge on any atom is -0.444 e. The number of hydrogen-bond donors (Lipinski definition) is 1. The highest BCUT2D eigenvalue weighted by atomic mass is 16.6. The van der Waals surface area contributed by atoms with Crippen molar-refractivity contribution in [3.8, 4) is 0 Å². The summed E-state index contributed by atoms with van der Waals surface area (Å²) < 4.78 is 5.33. The van der Waals surface area contributed by atoms with Crippen molar-refractivity contribution < 1.29 is 19.1 Å². The van der Waals surface area contributed by atoms with Crippen LogP contribution in [0, 0.1) is 0 Å². The second-order valence-electron chi connectivity index (χ2n) is 7.63. The quantitative estimate of drug-likeness (QED) is 0.837. The van der Waals surface area contributed by atoms with Gasteiger partial charge in [-0.05, 0) is 45.7 Å². The molecule has 2 unspecified atom stereocenters. The third-order valence-corrected chi connectivity index (χ3v) is 4.59. The standard InChI is InChI=1S/C19H24N2O4/c1-19(2,3)25-18(24)20-14-10-6-7-11-15(14)21-16(22)12-8-4-5-9-13(12)17(21)23/h4-5,8-9,14-15H,6-7,10-11H2,1-3H3,(H,20,24). The number of hydrogen-bond acceptors (Lipinski definition) is 4. The van der Waals surface area contributed by atoms with Crippen molar-refractivity contribution in [2.24, 2.45) is 0 Å². The van der Waals surface area contributed by atoms with Crippen LogP contribution in [0.25, 0.3) is 0 Å². The van der Waals surface area contributed by atoms with Gasteiger partial charge in [0.05, 0.1) is 23.2 Å². The molecule has 1 N–H and O–H groups in total. The molecule has 3 amide bonds. The zero-order valence-electron chi connectivity index (χ0n) is 14.9. The molecule has 25 heavy (non-hydrogen) atoms. The summed E-state index contributed by atoms with van der Waals surface area (Å²) >= 11 is 0. The minimum atomic E-state index is -0.593. The number of amides is 3. The van der Waals surface area contributed by atoms with Crippen molar-refractivity contribution in [3.05, 3.63) is 35.4 Å². The van der Waals surface area contributed by atoms with Crippen LogP contribution in [0.4, 0.5) is 4.79 Å². The molecule has 1 aliphatic heterocycles. The van der Waals surface area contributed by atoms with E-state index in [4.69, 9.17) is 4.74 Å². The van der Waals surface area contributed by atoms with Gasteiger partial charge >= 0.3 is 6.09 Å². The van der Waals surface area contributed by atoms with Crippen molar-refractivity contribution in [3.63, 3.8) is 0 Å². The number of rotatable bonds is 2. The van der Waals surface area contributed by atoms with Crippen LogP contribution in [-0.2, 0) is 4.74 Å². The molecule has 0 radical (unpaired) electrons. The summed E-state index contributed by atoms with van der Waals surface area (Å²) in [6.07, 6.45) is 2.76. The molecule has 1 heterocycles. The summed E-state index contributed by atoms with van der Waals surface area (Å²) in [6, 6.07) is 6.23. The van der Waals surface area contributed by atoms with Crippen LogP contribution in [0.15, 0.2) is 24.3 Å². The Hall–Kier alpha value is -2.37. The molecule has 134 valence electrons. The molecule has 2 aliphatic rings. The highest BCUT2D eigenvalue weighted by Gasteiger charge is 2.43. The Kier molecular flexibility index (Phi) is 4.54. The van der Waals surface area contributed by atoms with Crippen molar-refractivity contribution in [1.82, 2.24) is 10.2 Å². The van der Waals surface area contributed by atoms with E-state index in [0.29, 0.717) is 17.5 Å². The Morgan fingerprint density at radius 3 is 2.20 bits per heavy atom. The lowest BCUT2D eigenvalue weighted by molar-refractivity contribution is 0.0371. The van der Waals surface area contributed by atoms with Gasteiger partial charge in [0, 0.05) is 0 Å². The first-order valence-corrected chi connectivity index (χ1v) is 8.74. The normalized spacial score (nSPS) is 23.4. The smallest absolute Gasteiger partial charge is 0.407 e. The Labute approximate surface area is 147 Å². The predicted molar refractivity (Wildman–Crippen MR) is 92.4 cm³/mol. The number of ether oxygens (including phenoxy) is 1. The third kappa shape index (κ3) is 3.52. The van der Waals surface area contributed by atoms with E-state index in [2.05, 4.69) is 5.32 Å². The Morgan fingerprint density at radius 1 is 1.08 bits per heavy atom. The van der Waals surface area contributed by atoms with Crippen molar-refractivity contribution in [2.45, 2.75) is 64.1 Å². The van der Waals surface area contributed by atoms with Gasteiger partial charge in [-0.2, -0.15) is 0 Å². The monoisotopic (exact) mass is 344 g/mol. The van der Waals surface area contributed by atoms with Crippen LogP contribution in [0.2, 0.25) is 0 Å². The van der Waals surface area contributed by atoms with E-state index in [-0.39, 0.29) is 23.9 Å². The van der Waals surface area contributed by atoms with Crippen LogP contribution < -0.4 is 5.32 Å². The van der Waals surface area contributed by atoms with Gasteiger partial charge < -0.3 is 10.1 Å². The molecular weight excluding hydrogens is 320 g/mol. The van der Waals surface area contributed by atoms with E-state index in [1.807, 2.05) is 0 Å². The molecule has 0 bridgehead atoms. The van der Waals surface area contributed by atoms with E-state index >= 15 is 0 Å². The predicted octanol–water partition coefficient (Wildman–Crippen LogP) is 3.12. The van der Waals surface area contributed by atoms with Crippen LogP contribution >= 0.6 is 0 Å². The number of carbonyl (C=O) groups excluding carboxylic acids is 3. The van der Waals surface area contributed by atoms with Crippen LogP contribution in [-0.4, -0.2) is 40.5 Å². The molecule has 0 saturated heterocycles. The molecule has 0 spiro atoms. The van der Waals surface area contributed by atoms with Gasteiger partial charge in [0.1, 0.15) is 5.60 Å². The van der Waals surface area contributed by atoms with Crippen LogP contribution in [0.1, 0.15) is 67.2 Å². The lowest BCUT2D eigenvalue weighted by Gasteiger charge is -2.37. The van der Waals surface area contributed by atoms with E-state index < -0.39 is 11.7 Å². The number of fused-ring (bicyclic) bond motifs is 1. The van der Waals surface area contributed by atoms with Crippen molar-refractivity contribution >= 4 is 17.9 Å². The van der Waals surface area contributed by atoms with E-state index in [1.165, 1.54) is 4.90 Å². The lowest BCUT2D eigenvalue weighted by Crippen LogP contribution is -2.55. The number of imide groups is 1. The van der Waals surface area contributed by atoms with Gasteiger partial charge in [0.15, 0.2) is 0 Å². The SMILES string of the molecule is CC(C)(C)OC(=O)NC1CCCCC1N1C(=O)c2ccccc2C1=O. The second-order valence-corrected chi connectivity index (χ2v) is 7.63. The average molecular weight is 344 g/mol. The summed E-state index contributed by atoms with van der Waals surface area (Å²) in [5.41, 5.74) is 0.284. The maximum absolute atomic E-state index is 12.7. The molecule has 1 aliphatic carbocycles. The van der Waals surface area contributed by atoms with Crippen LogP contribution in [0.5, 0.6) is 0 Å². The fourth-order valence-corrected chi connectivity index (χ4v) is 3.56. The summed E-state index contributed by atoms with van der Waals surface area (Å²) in [7, 11) is 0. The number of nitrogens with zero attached hydrogens (tertiary/aromatic N) is 1. The first-order chi connectivity index (χ1) is 11.8. The van der Waals surface area contributed by atoms with E-state index in [0.717, 1.165) is 19.3 Å². The number of alkyl carbamates (subject to hydrolysis) is 1. The first-order valence-electron chi connectivity index (χ1n) is 8.74. The average Bonchev–Trinajstić information content (AvgIpc) is 2.78. The first kappa shape index (κ1) is 17.5. The topological polar surface area (TPSA) is 75.7 Å². The second kappa shape index (κ2) is 6.50. The third-order valence-electron chi connectivity index (χ3n) is 4.59. The van der Waals surface area contributed by atoms with Crippen molar-refractivity contribution in [1.29, 1.82) is 0 Å². The minimum absolute atomic E-state index is 0.275. The molecule has 1 aromatic rings. The van der Waals surface area contributed by atoms with E-state index in [9.17, 15) is 14.4 Å². The molecular formula is C19H24N2O4. The van der Waals surface area contributed by atoms with Crippen molar-refractivity contribution in [2.75, 3.05) is 0 Å². The Bertz CT molecular complexity index is 673. The van der Waals surface area contributed by atoms with Gasteiger partial charge in [-0.25, -0.2) is 4.79 Å². The lowest BCUT2D eigenvalue weighted by atomic mass is 9.89. The highest BCUT2D eigenvalue weighted by Crippen LogP contribution is 2.31. The molecule has 6 heteroatoms. The fourth-order valence-electron chi connectivity index (χ4n) is 3.56. The summed E-state index contributed by atoms with van der Waals surface area (Å²) in [5, 5.41) is 2.86. The molecule has 1 fully saturated rings. The van der Waals surface area contributed by atoms with Crippen LogP contribution in [0.3, 0.4) is 0 Å². The number of carbonyl (C=O) groups is 3. The fraction of sp³-hybridized carbons (Fsp3) is 0.526. The van der Waals surface area contributed by atoms with Gasteiger partial charge in [-0.1, -0.05) is 25.0 Å². The molecule has 1 aromatic carbocycles. The zero-order valence-corrected chi connectivity index (χ0v) is 14.9. The highest BCUT2D eigenvalue weighted by molar-refractivity contribution is 6.21. The molecule has 1 saturated carbocycles. The zero-order chi connectivity index (χ0) is 18.2. The summed E-state index contributed by atoms with van der Waals surface area (Å²) in [6.45, 7) is 5.40. The molecule has 0 aromatic heterocycles. The van der Waals surface area contributed by atoms with E-state index in [1.54, 1.807) is 45.0 Å². The number of nitrogens with one attached hydrogen (secondary N) is 1. The maximum atomic E-state index is 12.7. The van der Waals surface area contributed by atoms with Gasteiger partial charge in [-0.3, -0.25) is 14.5 Å². The van der Waals surface area contributed by atoms with Gasteiger partial charge in [0.25, 0.3) is 11.8 Å². The maximum Gasteiger partial charge on any atom is 0.407 e. The Balaban J connectivity index is 1.79. The summed E-state index contributed by atoms with van der Waals surface area (Å²) in [5.74, 6) is -0.549. The Morgan fingerprint density at radius 2 is 1.64 bits per heavy atom. The number of benzene rings is 1.